The van der Waals surface area contributed by atoms with E-state index in [1.807, 2.05) is 42.9 Å². The van der Waals surface area contributed by atoms with Crippen molar-refractivity contribution in [3.63, 3.8) is 0 Å². The van der Waals surface area contributed by atoms with Crippen LogP contribution in [-0.2, 0) is 17.8 Å². The Balaban J connectivity index is 1.97. The smallest absolute Gasteiger partial charge is 0.290 e. The number of anilines is 1. The number of nitrogens with one attached hydrogen (secondary N) is 1. The minimum Gasteiger partial charge on any atom is -0.321 e. The summed E-state index contributed by atoms with van der Waals surface area (Å²) < 4.78 is 1.90. The lowest BCUT2D eigenvalue weighted by molar-refractivity contribution is -0.684. The summed E-state index contributed by atoms with van der Waals surface area (Å²) in [6.45, 7) is 6.56. The van der Waals surface area contributed by atoms with Crippen molar-refractivity contribution < 1.29 is 9.36 Å². The fourth-order valence-corrected chi connectivity index (χ4v) is 2.46. The zero-order valence-corrected chi connectivity index (χ0v) is 13.0. The van der Waals surface area contributed by atoms with Crippen LogP contribution in [0.5, 0.6) is 0 Å². The van der Waals surface area contributed by atoms with Crippen molar-refractivity contribution in [2.24, 2.45) is 0 Å². The average molecular weight is 283 g/mol. The molecular formula is C18H23N2O+. The van der Waals surface area contributed by atoms with Crippen molar-refractivity contribution in [2.75, 3.05) is 5.32 Å². The first-order valence-electron chi connectivity index (χ1n) is 7.43. The number of carbonyl (C=O) groups is 1. The molecule has 110 valence electrons. The van der Waals surface area contributed by atoms with E-state index in [9.17, 15) is 4.79 Å². The van der Waals surface area contributed by atoms with Crippen LogP contribution in [0.25, 0.3) is 0 Å². The van der Waals surface area contributed by atoms with Gasteiger partial charge in [0.25, 0.3) is 5.91 Å². The molecule has 0 saturated carbocycles. The predicted octanol–water partition coefficient (Wildman–Crippen LogP) is 3.18. The minimum absolute atomic E-state index is 0.00626. The first-order chi connectivity index (χ1) is 10.1. The third-order valence-corrected chi connectivity index (χ3v) is 3.33. The molecule has 1 amide bonds. The Morgan fingerprint density at radius 1 is 1.10 bits per heavy atom. The summed E-state index contributed by atoms with van der Waals surface area (Å²) in [7, 11) is 0. The quantitative estimate of drug-likeness (QED) is 0.840. The topological polar surface area (TPSA) is 33.0 Å². The first kappa shape index (κ1) is 15.2. The van der Waals surface area contributed by atoms with Crippen LogP contribution in [-0.4, -0.2) is 5.91 Å². The standard InChI is InChI=1S/C18H22N2O/c1-4-5-16-6-8-20(9-7-16)13-18(21)19-17-11-14(2)10-15(3)12-17/h6-12H,4-5,13H2,1-3H3/p+1. The fourth-order valence-electron chi connectivity index (χ4n) is 2.46. The van der Waals surface area contributed by atoms with Gasteiger partial charge in [-0.05, 0) is 49.1 Å². The van der Waals surface area contributed by atoms with Crippen molar-refractivity contribution in [2.45, 2.75) is 40.2 Å². The van der Waals surface area contributed by atoms with Gasteiger partial charge in [-0.1, -0.05) is 19.4 Å². The zero-order valence-electron chi connectivity index (χ0n) is 13.0. The normalized spacial score (nSPS) is 10.4. The largest absolute Gasteiger partial charge is 0.321 e. The summed E-state index contributed by atoms with van der Waals surface area (Å²) in [5.74, 6) is -0.00626. The van der Waals surface area contributed by atoms with Crippen molar-refractivity contribution in [1.82, 2.24) is 0 Å². The van der Waals surface area contributed by atoms with E-state index in [0.717, 1.165) is 29.7 Å². The molecule has 1 aromatic heterocycles. The first-order valence-corrected chi connectivity index (χ1v) is 7.43. The molecule has 0 aliphatic heterocycles. The van der Waals surface area contributed by atoms with Crippen LogP contribution in [0.2, 0.25) is 0 Å². The van der Waals surface area contributed by atoms with Crippen LogP contribution in [0.15, 0.2) is 42.7 Å². The van der Waals surface area contributed by atoms with E-state index in [2.05, 4.69) is 30.4 Å². The van der Waals surface area contributed by atoms with E-state index in [1.54, 1.807) is 0 Å². The van der Waals surface area contributed by atoms with E-state index >= 15 is 0 Å². The van der Waals surface area contributed by atoms with Crippen LogP contribution in [0.1, 0.15) is 30.0 Å². The summed E-state index contributed by atoms with van der Waals surface area (Å²) in [6, 6.07) is 10.2. The molecule has 1 aromatic carbocycles. The number of rotatable bonds is 5. The Labute approximate surface area is 126 Å². The third kappa shape index (κ3) is 4.71. The molecule has 0 aliphatic carbocycles. The lowest BCUT2D eigenvalue weighted by atomic mass is 10.1. The number of nitrogens with zero attached hydrogens (tertiary/aromatic N) is 1. The van der Waals surface area contributed by atoms with Crippen molar-refractivity contribution in [3.8, 4) is 0 Å². The van der Waals surface area contributed by atoms with Crippen molar-refractivity contribution in [3.05, 3.63) is 59.4 Å². The molecule has 21 heavy (non-hydrogen) atoms. The van der Waals surface area contributed by atoms with Gasteiger partial charge in [-0.2, -0.15) is 4.57 Å². The van der Waals surface area contributed by atoms with E-state index in [1.165, 1.54) is 5.56 Å². The van der Waals surface area contributed by atoms with Gasteiger partial charge in [0.1, 0.15) is 0 Å². The molecule has 3 nitrogen and oxygen atoms in total. The molecule has 0 bridgehead atoms. The van der Waals surface area contributed by atoms with E-state index in [0.29, 0.717) is 6.54 Å². The van der Waals surface area contributed by atoms with Gasteiger partial charge in [0, 0.05) is 17.8 Å². The Kier molecular flexibility index (Phi) is 5.09. The minimum atomic E-state index is -0.00626. The van der Waals surface area contributed by atoms with Gasteiger partial charge in [0.05, 0.1) is 0 Å². The van der Waals surface area contributed by atoms with Gasteiger partial charge in [-0.25, -0.2) is 0 Å². The monoisotopic (exact) mass is 283 g/mol. The fraction of sp³-hybridized carbons (Fsp3) is 0.333. The van der Waals surface area contributed by atoms with Crippen LogP contribution in [0, 0.1) is 13.8 Å². The number of aryl methyl sites for hydroxylation is 3. The predicted molar refractivity (Wildman–Crippen MR) is 85.2 cm³/mol. The van der Waals surface area contributed by atoms with Crippen LogP contribution < -0.4 is 9.88 Å². The molecule has 0 unspecified atom stereocenters. The molecule has 0 saturated heterocycles. The van der Waals surface area contributed by atoms with Crippen LogP contribution in [0.4, 0.5) is 5.69 Å². The third-order valence-electron chi connectivity index (χ3n) is 3.33. The second kappa shape index (κ2) is 7.02. The number of pyridine rings is 1. The molecule has 0 spiro atoms. The summed E-state index contributed by atoms with van der Waals surface area (Å²) in [6.07, 6.45) is 6.14. The van der Waals surface area contributed by atoms with E-state index in [-0.39, 0.29) is 5.91 Å². The number of benzene rings is 1. The molecule has 1 heterocycles. The lowest BCUT2D eigenvalue weighted by Crippen LogP contribution is -2.39. The van der Waals surface area contributed by atoms with E-state index < -0.39 is 0 Å². The highest BCUT2D eigenvalue weighted by Gasteiger charge is 2.10. The molecule has 0 radical (unpaired) electrons. The van der Waals surface area contributed by atoms with Gasteiger partial charge in [0.15, 0.2) is 12.4 Å². The summed E-state index contributed by atoms with van der Waals surface area (Å²) in [5, 5.41) is 2.95. The highest BCUT2D eigenvalue weighted by atomic mass is 16.1. The highest BCUT2D eigenvalue weighted by molar-refractivity contribution is 5.89. The van der Waals surface area contributed by atoms with Gasteiger partial charge < -0.3 is 5.32 Å². The maximum atomic E-state index is 12.1. The Morgan fingerprint density at radius 3 is 2.29 bits per heavy atom. The summed E-state index contributed by atoms with van der Waals surface area (Å²) in [4.78, 5) is 12.1. The van der Waals surface area contributed by atoms with Crippen LogP contribution >= 0.6 is 0 Å². The molecule has 3 heteroatoms. The van der Waals surface area contributed by atoms with Gasteiger partial charge >= 0.3 is 0 Å². The Bertz CT molecular complexity index is 597. The maximum Gasteiger partial charge on any atom is 0.290 e. The maximum absolute atomic E-state index is 12.1. The Morgan fingerprint density at radius 2 is 1.71 bits per heavy atom. The molecule has 0 aliphatic rings. The van der Waals surface area contributed by atoms with Crippen molar-refractivity contribution >= 4 is 11.6 Å². The number of hydrogen-bond acceptors (Lipinski definition) is 1. The molecule has 0 atom stereocenters. The zero-order chi connectivity index (χ0) is 15.2. The molecular weight excluding hydrogens is 260 g/mol. The number of aromatic nitrogens is 1. The van der Waals surface area contributed by atoms with Gasteiger partial charge in [0.2, 0.25) is 6.54 Å². The number of carbonyl (C=O) groups excluding carboxylic acids is 1. The molecule has 2 aromatic rings. The highest BCUT2D eigenvalue weighted by Crippen LogP contribution is 2.13. The summed E-state index contributed by atoms with van der Waals surface area (Å²) in [5.41, 5.74) is 4.48. The summed E-state index contributed by atoms with van der Waals surface area (Å²) >= 11 is 0. The SMILES string of the molecule is CCCc1cc[n+](CC(=O)Nc2cc(C)cc(C)c2)cc1. The molecule has 1 N–H and O–H groups in total. The van der Waals surface area contributed by atoms with Gasteiger partial charge in [-0.3, -0.25) is 4.79 Å². The second-order valence-corrected chi connectivity index (χ2v) is 5.55. The lowest BCUT2D eigenvalue weighted by Gasteiger charge is -2.06. The van der Waals surface area contributed by atoms with Crippen LogP contribution in [0.3, 0.4) is 0 Å². The average Bonchev–Trinajstić information content (AvgIpc) is 2.40. The molecule has 2 rings (SSSR count). The number of hydrogen-bond donors (Lipinski definition) is 1. The number of amides is 1. The Hall–Kier alpha value is -2.16. The second-order valence-electron chi connectivity index (χ2n) is 5.55. The van der Waals surface area contributed by atoms with Crippen molar-refractivity contribution in [1.29, 1.82) is 0 Å². The van der Waals surface area contributed by atoms with Gasteiger partial charge in [-0.15, -0.1) is 0 Å². The molecule has 0 fully saturated rings. The van der Waals surface area contributed by atoms with E-state index in [4.69, 9.17) is 0 Å².